The Kier molecular flexibility index (Phi) is 6.27. The van der Waals surface area contributed by atoms with Crippen LogP contribution in [0.2, 0.25) is 0 Å². The average molecular weight is 499 g/mol. The largest absolute Gasteiger partial charge is 0.345 e. The van der Waals surface area contributed by atoms with Gasteiger partial charge in [-0.05, 0) is 55.2 Å². The smallest absolute Gasteiger partial charge is 0.255 e. The van der Waals surface area contributed by atoms with Gasteiger partial charge in [-0.3, -0.25) is 19.2 Å². The summed E-state index contributed by atoms with van der Waals surface area (Å²) in [5, 5.41) is 7.81. The highest BCUT2D eigenvalue weighted by Crippen LogP contribution is 2.41. The molecule has 0 spiro atoms. The second kappa shape index (κ2) is 9.12. The van der Waals surface area contributed by atoms with Gasteiger partial charge < -0.3 is 20.9 Å². The summed E-state index contributed by atoms with van der Waals surface area (Å²) in [4.78, 5) is 51.5. The topological polar surface area (TPSA) is 108 Å². The van der Waals surface area contributed by atoms with E-state index in [1.54, 1.807) is 35.2 Å². The van der Waals surface area contributed by atoms with Crippen LogP contribution >= 0.6 is 15.9 Å². The monoisotopic (exact) mass is 498 g/mol. The van der Waals surface area contributed by atoms with E-state index < -0.39 is 17.9 Å². The molecule has 1 aliphatic heterocycles. The Morgan fingerprint density at radius 3 is 2.47 bits per heavy atom. The van der Waals surface area contributed by atoms with Crippen LogP contribution in [0.4, 0.5) is 5.69 Å². The quantitative estimate of drug-likeness (QED) is 0.544. The lowest BCUT2D eigenvalue weighted by atomic mass is 10.0. The molecule has 32 heavy (non-hydrogen) atoms. The third-order valence-corrected chi connectivity index (χ3v) is 6.39. The van der Waals surface area contributed by atoms with E-state index in [2.05, 4.69) is 31.9 Å². The first-order valence-corrected chi connectivity index (χ1v) is 11.2. The second-order valence-corrected chi connectivity index (χ2v) is 8.79. The Morgan fingerprint density at radius 2 is 1.75 bits per heavy atom. The van der Waals surface area contributed by atoms with Crippen molar-refractivity contribution in [2.24, 2.45) is 0 Å². The molecule has 3 N–H and O–H groups in total. The van der Waals surface area contributed by atoms with Crippen LogP contribution in [-0.4, -0.2) is 47.7 Å². The summed E-state index contributed by atoms with van der Waals surface area (Å²) in [6.07, 6.45) is 1.74. The van der Waals surface area contributed by atoms with Gasteiger partial charge in [0.05, 0.1) is 13.1 Å². The van der Waals surface area contributed by atoms with Crippen molar-refractivity contribution in [2.75, 3.05) is 18.4 Å². The molecular weight excluding hydrogens is 476 g/mol. The van der Waals surface area contributed by atoms with E-state index in [1.165, 1.54) is 0 Å². The summed E-state index contributed by atoms with van der Waals surface area (Å²) in [6, 6.07) is 11.8. The molecule has 1 saturated carbocycles. The summed E-state index contributed by atoms with van der Waals surface area (Å²) >= 11 is 3.40. The van der Waals surface area contributed by atoms with Crippen molar-refractivity contribution in [1.82, 2.24) is 15.5 Å². The normalized spacial score (nSPS) is 17.0. The Morgan fingerprint density at radius 1 is 1.03 bits per heavy atom. The fourth-order valence-corrected chi connectivity index (χ4v) is 4.01. The average Bonchev–Trinajstić information content (AvgIpc) is 3.57. The van der Waals surface area contributed by atoms with Crippen LogP contribution in [-0.2, 0) is 14.4 Å². The van der Waals surface area contributed by atoms with Crippen LogP contribution in [0.25, 0.3) is 0 Å². The van der Waals surface area contributed by atoms with Gasteiger partial charge in [-0.25, -0.2) is 0 Å². The first kappa shape index (κ1) is 22.0. The van der Waals surface area contributed by atoms with Crippen LogP contribution in [0.1, 0.15) is 40.4 Å². The van der Waals surface area contributed by atoms with Crippen molar-refractivity contribution in [3.8, 4) is 0 Å². The predicted octanol–water partition coefficient (Wildman–Crippen LogP) is 2.29. The molecule has 4 amide bonds. The summed E-state index contributed by atoms with van der Waals surface area (Å²) < 4.78 is 0.936. The summed E-state index contributed by atoms with van der Waals surface area (Å²) in [5.41, 5.74) is 2.79. The zero-order chi connectivity index (χ0) is 22.8. The number of aryl methyl sites for hydroxylation is 1. The summed E-state index contributed by atoms with van der Waals surface area (Å²) in [7, 11) is 0. The molecule has 0 saturated heterocycles. The van der Waals surface area contributed by atoms with Crippen LogP contribution in [0, 0.1) is 6.92 Å². The van der Waals surface area contributed by atoms with Crippen LogP contribution in [0.3, 0.4) is 0 Å². The third kappa shape index (κ3) is 4.67. The molecule has 4 rings (SSSR count). The minimum absolute atomic E-state index is 0.0606. The zero-order valence-electron chi connectivity index (χ0n) is 17.5. The molecule has 0 radical (unpaired) electrons. The SMILES string of the molecule is Cc1cc(NC(=O)CNC(=O)CNC(=O)C2c3ccccc3C(=O)N2C2CC2)ccc1Br. The van der Waals surface area contributed by atoms with Gasteiger partial charge >= 0.3 is 0 Å². The van der Waals surface area contributed by atoms with Gasteiger partial charge in [0.25, 0.3) is 5.91 Å². The molecule has 9 heteroatoms. The lowest BCUT2D eigenvalue weighted by Gasteiger charge is -2.24. The van der Waals surface area contributed by atoms with Crippen molar-refractivity contribution in [3.63, 3.8) is 0 Å². The molecule has 2 aromatic rings. The predicted molar refractivity (Wildman–Crippen MR) is 122 cm³/mol. The number of nitrogens with zero attached hydrogens (tertiary/aromatic N) is 1. The van der Waals surface area contributed by atoms with E-state index in [0.29, 0.717) is 16.8 Å². The number of anilines is 1. The number of nitrogens with one attached hydrogen (secondary N) is 3. The fraction of sp³-hybridized carbons (Fsp3) is 0.304. The first-order valence-electron chi connectivity index (χ1n) is 10.4. The number of carbonyl (C=O) groups excluding carboxylic acids is 4. The van der Waals surface area contributed by atoms with Gasteiger partial charge in [-0.2, -0.15) is 0 Å². The highest BCUT2D eigenvalue weighted by molar-refractivity contribution is 9.10. The highest BCUT2D eigenvalue weighted by atomic mass is 79.9. The molecule has 1 aliphatic carbocycles. The molecule has 0 bridgehead atoms. The second-order valence-electron chi connectivity index (χ2n) is 7.94. The van der Waals surface area contributed by atoms with Gasteiger partial charge in [0, 0.05) is 21.8 Å². The van der Waals surface area contributed by atoms with Crippen LogP contribution < -0.4 is 16.0 Å². The van der Waals surface area contributed by atoms with Gasteiger partial charge in [-0.1, -0.05) is 34.1 Å². The van der Waals surface area contributed by atoms with E-state index in [1.807, 2.05) is 19.1 Å². The fourth-order valence-electron chi connectivity index (χ4n) is 3.77. The minimum Gasteiger partial charge on any atom is -0.345 e. The molecule has 0 aromatic heterocycles. The molecular formula is C23H23BrN4O4. The Balaban J connectivity index is 1.29. The van der Waals surface area contributed by atoms with Crippen LogP contribution in [0.5, 0.6) is 0 Å². The molecule has 1 unspecified atom stereocenters. The van der Waals surface area contributed by atoms with Gasteiger partial charge in [0.15, 0.2) is 0 Å². The van der Waals surface area contributed by atoms with Gasteiger partial charge in [0.2, 0.25) is 17.7 Å². The molecule has 1 fully saturated rings. The van der Waals surface area contributed by atoms with Crippen molar-refractivity contribution in [2.45, 2.75) is 31.8 Å². The number of rotatable bonds is 7. The van der Waals surface area contributed by atoms with E-state index in [4.69, 9.17) is 0 Å². The van der Waals surface area contributed by atoms with E-state index in [9.17, 15) is 19.2 Å². The first-order chi connectivity index (χ1) is 15.3. The number of benzene rings is 2. The maximum absolute atomic E-state index is 12.9. The lowest BCUT2D eigenvalue weighted by molar-refractivity contribution is -0.129. The molecule has 166 valence electrons. The number of halogens is 1. The van der Waals surface area contributed by atoms with Crippen LogP contribution in [0.15, 0.2) is 46.9 Å². The molecule has 2 aliphatic rings. The Hall–Kier alpha value is -3.20. The van der Waals surface area contributed by atoms with E-state index in [0.717, 1.165) is 22.9 Å². The highest BCUT2D eigenvalue weighted by Gasteiger charge is 2.47. The number of carbonyl (C=O) groups is 4. The van der Waals surface area contributed by atoms with Crippen molar-refractivity contribution in [1.29, 1.82) is 0 Å². The number of fused-ring (bicyclic) bond motifs is 1. The minimum atomic E-state index is -0.733. The summed E-state index contributed by atoms with van der Waals surface area (Å²) in [5.74, 6) is -1.41. The Labute approximate surface area is 193 Å². The number of hydrogen-bond donors (Lipinski definition) is 3. The molecule has 8 nitrogen and oxygen atoms in total. The van der Waals surface area contributed by atoms with Crippen molar-refractivity contribution < 1.29 is 19.2 Å². The zero-order valence-corrected chi connectivity index (χ0v) is 19.1. The summed E-state index contributed by atoms with van der Waals surface area (Å²) in [6.45, 7) is 1.41. The van der Waals surface area contributed by atoms with Gasteiger partial charge in [0.1, 0.15) is 6.04 Å². The lowest BCUT2D eigenvalue weighted by Crippen LogP contribution is -2.44. The van der Waals surface area contributed by atoms with Crippen molar-refractivity contribution >= 4 is 45.2 Å². The maximum atomic E-state index is 12.9. The number of amides is 4. The maximum Gasteiger partial charge on any atom is 0.255 e. The van der Waals surface area contributed by atoms with E-state index >= 15 is 0 Å². The third-order valence-electron chi connectivity index (χ3n) is 5.50. The Bertz CT molecular complexity index is 1100. The molecule has 1 atom stereocenters. The van der Waals surface area contributed by atoms with E-state index in [-0.39, 0.29) is 30.9 Å². The molecule has 1 heterocycles. The standard InChI is InChI=1S/C23H23BrN4O4/c1-13-10-14(6-9-18(13)24)27-20(30)12-25-19(29)11-26-22(31)21-16-4-2-3-5-17(16)23(32)28(21)15-7-8-15/h2-6,9-10,15,21H,7-8,11-12H2,1H3,(H,25,29)(H,26,31)(H,27,30). The van der Waals surface area contributed by atoms with Gasteiger partial charge in [-0.15, -0.1) is 0 Å². The number of hydrogen-bond acceptors (Lipinski definition) is 4. The van der Waals surface area contributed by atoms with Crippen molar-refractivity contribution in [3.05, 3.63) is 63.6 Å². The molecule has 2 aromatic carbocycles.